The Hall–Kier alpha value is -0.650. The summed E-state index contributed by atoms with van der Waals surface area (Å²) < 4.78 is 4.92. The maximum absolute atomic E-state index is 11.5. The molecule has 0 bridgehead atoms. The first kappa shape index (κ1) is 12.4. The summed E-state index contributed by atoms with van der Waals surface area (Å²) in [6.07, 6.45) is 2.35. The van der Waals surface area contributed by atoms with Gasteiger partial charge in [0, 0.05) is 26.8 Å². The summed E-state index contributed by atoms with van der Waals surface area (Å²) >= 11 is 0. The molecule has 1 atom stereocenters. The van der Waals surface area contributed by atoms with Crippen LogP contribution in [0.3, 0.4) is 0 Å². The van der Waals surface area contributed by atoms with Gasteiger partial charge in [0.15, 0.2) is 0 Å². The molecule has 1 saturated carbocycles. The molecule has 0 spiro atoms. The highest BCUT2D eigenvalue weighted by Crippen LogP contribution is 2.47. The van der Waals surface area contributed by atoms with E-state index in [2.05, 4.69) is 5.32 Å². The minimum atomic E-state index is -0.560. The summed E-state index contributed by atoms with van der Waals surface area (Å²) in [5, 5.41) is 11.7. The van der Waals surface area contributed by atoms with E-state index in [1.807, 2.05) is 0 Å². The van der Waals surface area contributed by atoms with Crippen LogP contribution in [-0.2, 0) is 9.53 Å². The van der Waals surface area contributed by atoms with Gasteiger partial charge in [-0.3, -0.25) is 4.79 Å². The van der Waals surface area contributed by atoms with Crippen molar-refractivity contribution in [3.63, 3.8) is 0 Å². The highest BCUT2D eigenvalue weighted by Gasteiger charge is 2.42. The van der Waals surface area contributed by atoms with Crippen LogP contribution in [-0.4, -0.2) is 43.9 Å². The maximum Gasteiger partial charge on any atom is 0.250 e. The molecule has 5 nitrogen and oxygen atoms in total. The second kappa shape index (κ2) is 5.44. The van der Waals surface area contributed by atoms with Crippen molar-refractivity contribution in [2.45, 2.75) is 25.4 Å². The molecule has 0 heterocycles. The molecule has 0 saturated heterocycles. The number of carbonyl (C=O) groups is 1. The molecule has 0 aromatic carbocycles. The lowest BCUT2D eigenvalue weighted by atomic mass is 10.0. The van der Waals surface area contributed by atoms with E-state index in [9.17, 15) is 4.79 Å². The third-order valence-corrected chi connectivity index (χ3v) is 3.03. The third-order valence-electron chi connectivity index (χ3n) is 3.03. The minimum absolute atomic E-state index is 0.136. The van der Waals surface area contributed by atoms with E-state index < -0.39 is 6.10 Å². The molecule has 15 heavy (non-hydrogen) atoms. The summed E-state index contributed by atoms with van der Waals surface area (Å²) in [5.41, 5.74) is 5.51. The Morgan fingerprint density at radius 1 is 1.67 bits per heavy atom. The quantitative estimate of drug-likeness (QED) is 0.522. The average molecular weight is 216 g/mol. The number of ether oxygens (including phenoxy) is 1. The standard InChI is InChI=1S/C10H20N2O3/c1-15-8(6-11)9(14)12-7-10(2-3-10)4-5-13/h8,13H,2-7,11H2,1H3,(H,12,14). The lowest BCUT2D eigenvalue weighted by molar-refractivity contribution is -0.130. The maximum atomic E-state index is 11.5. The predicted molar refractivity (Wildman–Crippen MR) is 56.2 cm³/mol. The molecule has 0 aromatic rings. The number of rotatable bonds is 7. The van der Waals surface area contributed by atoms with E-state index in [0.717, 1.165) is 19.3 Å². The van der Waals surface area contributed by atoms with Crippen LogP contribution in [0, 0.1) is 5.41 Å². The Balaban J connectivity index is 2.27. The van der Waals surface area contributed by atoms with Crippen LogP contribution in [0.4, 0.5) is 0 Å². The van der Waals surface area contributed by atoms with Gasteiger partial charge in [-0.05, 0) is 24.7 Å². The summed E-state index contributed by atoms with van der Waals surface area (Å²) in [5.74, 6) is -0.163. The zero-order valence-electron chi connectivity index (χ0n) is 9.16. The fourth-order valence-corrected chi connectivity index (χ4v) is 1.63. The number of amides is 1. The van der Waals surface area contributed by atoms with E-state index in [0.29, 0.717) is 6.54 Å². The van der Waals surface area contributed by atoms with Crippen molar-refractivity contribution in [1.29, 1.82) is 0 Å². The van der Waals surface area contributed by atoms with Crippen molar-refractivity contribution in [3.05, 3.63) is 0 Å². The molecule has 1 aliphatic carbocycles. The molecule has 1 fully saturated rings. The van der Waals surface area contributed by atoms with Gasteiger partial charge < -0.3 is 20.9 Å². The molecule has 4 N–H and O–H groups in total. The molecule has 1 rings (SSSR count). The minimum Gasteiger partial charge on any atom is -0.396 e. The monoisotopic (exact) mass is 216 g/mol. The van der Waals surface area contributed by atoms with Crippen molar-refractivity contribution < 1.29 is 14.6 Å². The summed E-state index contributed by atoms with van der Waals surface area (Å²) in [6.45, 7) is 0.988. The zero-order valence-corrected chi connectivity index (χ0v) is 9.16. The Morgan fingerprint density at radius 2 is 2.33 bits per heavy atom. The van der Waals surface area contributed by atoms with E-state index in [-0.39, 0.29) is 24.5 Å². The lowest BCUT2D eigenvalue weighted by Gasteiger charge is -2.17. The Kier molecular flexibility index (Phi) is 4.50. The van der Waals surface area contributed by atoms with Crippen molar-refractivity contribution in [3.8, 4) is 0 Å². The van der Waals surface area contributed by atoms with E-state index >= 15 is 0 Å². The first-order chi connectivity index (χ1) is 7.17. The first-order valence-electron chi connectivity index (χ1n) is 5.29. The number of methoxy groups -OCH3 is 1. The van der Waals surface area contributed by atoms with Crippen LogP contribution in [0.25, 0.3) is 0 Å². The number of nitrogens with two attached hydrogens (primary N) is 1. The second-order valence-electron chi connectivity index (χ2n) is 4.15. The van der Waals surface area contributed by atoms with Gasteiger partial charge in [0.1, 0.15) is 6.10 Å². The molecule has 0 radical (unpaired) electrons. The normalized spacial score (nSPS) is 19.7. The molecule has 0 aromatic heterocycles. The van der Waals surface area contributed by atoms with E-state index in [4.69, 9.17) is 15.6 Å². The molecule has 0 aliphatic heterocycles. The number of aliphatic hydroxyl groups is 1. The molecule has 1 aliphatic rings. The van der Waals surface area contributed by atoms with Gasteiger partial charge in [-0.2, -0.15) is 0 Å². The summed E-state index contributed by atoms with van der Waals surface area (Å²) in [6, 6.07) is 0. The number of nitrogens with one attached hydrogen (secondary N) is 1. The van der Waals surface area contributed by atoms with Crippen LogP contribution in [0.2, 0.25) is 0 Å². The van der Waals surface area contributed by atoms with Crippen molar-refractivity contribution in [2.75, 3.05) is 26.8 Å². The SMILES string of the molecule is COC(CN)C(=O)NCC1(CCO)CC1. The summed E-state index contributed by atoms with van der Waals surface area (Å²) in [4.78, 5) is 11.5. The number of carbonyl (C=O) groups excluding carboxylic acids is 1. The zero-order chi connectivity index (χ0) is 11.3. The van der Waals surface area contributed by atoms with Gasteiger partial charge in [-0.15, -0.1) is 0 Å². The van der Waals surface area contributed by atoms with Crippen LogP contribution in [0.5, 0.6) is 0 Å². The Labute approximate surface area is 90.0 Å². The average Bonchev–Trinajstić information content (AvgIpc) is 2.98. The smallest absolute Gasteiger partial charge is 0.250 e. The van der Waals surface area contributed by atoms with Crippen molar-refractivity contribution in [2.24, 2.45) is 11.1 Å². The number of hydrogen-bond donors (Lipinski definition) is 3. The van der Waals surface area contributed by atoms with Crippen LogP contribution in [0.1, 0.15) is 19.3 Å². The largest absolute Gasteiger partial charge is 0.396 e. The second-order valence-corrected chi connectivity index (χ2v) is 4.15. The fraction of sp³-hybridized carbons (Fsp3) is 0.900. The highest BCUT2D eigenvalue weighted by atomic mass is 16.5. The molecular formula is C10H20N2O3. The molecule has 1 amide bonds. The lowest BCUT2D eigenvalue weighted by Crippen LogP contribution is -2.42. The van der Waals surface area contributed by atoms with Crippen LogP contribution in [0.15, 0.2) is 0 Å². The van der Waals surface area contributed by atoms with Gasteiger partial charge in [0.2, 0.25) is 5.91 Å². The van der Waals surface area contributed by atoms with Gasteiger partial charge in [-0.25, -0.2) is 0 Å². The Morgan fingerprint density at radius 3 is 2.73 bits per heavy atom. The number of aliphatic hydroxyl groups excluding tert-OH is 1. The molecule has 5 heteroatoms. The number of hydrogen-bond acceptors (Lipinski definition) is 4. The fourth-order valence-electron chi connectivity index (χ4n) is 1.63. The highest BCUT2D eigenvalue weighted by molar-refractivity contribution is 5.81. The molecule has 1 unspecified atom stereocenters. The van der Waals surface area contributed by atoms with Crippen molar-refractivity contribution >= 4 is 5.91 Å². The predicted octanol–water partition coefficient (Wildman–Crippen LogP) is -0.761. The van der Waals surface area contributed by atoms with E-state index in [1.54, 1.807) is 0 Å². The van der Waals surface area contributed by atoms with Gasteiger partial charge in [0.05, 0.1) is 0 Å². The van der Waals surface area contributed by atoms with E-state index in [1.165, 1.54) is 7.11 Å². The van der Waals surface area contributed by atoms with Crippen LogP contribution >= 0.6 is 0 Å². The topological polar surface area (TPSA) is 84.6 Å². The molecular weight excluding hydrogens is 196 g/mol. The molecule has 88 valence electrons. The van der Waals surface area contributed by atoms with Crippen molar-refractivity contribution in [1.82, 2.24) is 5.32 Å². The third kappa shape index (κ3) is 3.44. The van der Waals surface area contributed by atoms with Gasteiger partial charge in [0.25, 0.3) is 0 Å². The van der Waals surface area contributed by atoms with Gasteiger partial charge in [-0.1, -0.05) is 0 Å². The first-order valence-corrected chi connectivity index (χ1v) is 5.29. The van der Waals surface area contributed by atoms with Crippen LogP contribution < -0.4 is 11.1 Å². The van der Waals surface area contributed by atoms with Gasteiger partial charge >= 0.3 is 0 Å². The Bertz CT molecular complexity index is 213. The summed E-state index contributed by atoms with van der Waals surface area (Å²) in [7, 11) is 1.47.